The zero-order valence-corrected chi connectivity index (χ0v) is 11.5. The molecular formula is C13H14N2O4S. The summed E-state index contributed by atoms with van der Waals surface area (Å²) in [5, 5.41) is 3.11. The summed E-state index contributed by atoms with van der Waals surface area (Å²) in [6, 6.07) is 2.35. The molecule has 2 heterocycles. The molecule has 7 heteroatoms. The maximum atomic E-state index is 11.9. The Labute approximate surface area is 120 Å². The monoisotopic (exact) mass is 294 g/mol. The average Bonchev–Trinajstić information content (AvgIpc) is 3.06. The molecular weight excluding hydrogens is 280 g/mol. The van der Waals surface area contributed by atoms with E-state index in [-0.39, 0.29) is 24.7 Å². The first-order chi connectivity index (χ1) is 9.63. The molecule has 0 aromatic carbocycles. The Bertz CT molecular complexity index is 526. The van der Waals surface area contributed by atoms with Crippen molar-refractivity contribution in [1.82, 2.24) is 10.4 Å². The van der Waals surface area contributed by atoms with E-state index in [1.807, 2.05) is 0 Å². The highest BCUT2D eigenvalue weighted by atomic mass is 32.1. The summed E-state index contributed by atoms with van der Waals surface area (Å²) in [4.78, 5) is 36.0. The number of esters is 1. The van der Waals surface area contributed by atoms with E-state index in [4.69, 9.17) is 4.74 Å². The van der Waals surface area contributed by atoms with Gasteiger partial charge >= 0.3 is 5.97 Å². The van der Waals surface area contributed by atoms with Crippen LogP contribution >= 0.6 is 11.3 Å². The van der Waals surface area contributed by atoms with Crippen LogP contribution in [0.25, 0.3) is 0 Å². The summed E-state index contributed by atoms with van der Waals surface area (Å²) in [5.74, 6) is -1.26. The lowest BCUT2D eigenvalue weighted by Gasteiger charge is -2.21. The summed E-state index contributed by atoms with van der Waals surface area (Å²) in [6.07, 6.45) is 1.63. The van der Waals surface area contributed by atoms with Crippen LogP contribution in [0.1, 0.15) is 16.1 Å². The van der Waals surface area contributed by atoms with Crippen LogP contribution < -0.4 is 5.43 Å². The SMILES string of the molecule is C=CCOC(=O)C1C(=O)CCN1NC(=O)c1cccs1. The number of hydrazine groups is 1. The van der Waals surface area contributed by atoms with Crippen LogP contribution in [0.2, 0.25) is 0 Å². The van der Waals surface area contributed by atoms with Crippen molar-refractivity contribution in [2.45, 2.75) is 12.5 Å². The van der Waals surface area contributed by atoms with Gasteiger partial charge in [-0.05, 0) is 11.4 Å². The zero-order valence-electron chi connectivity index (χ0n) is 10.7. The van der Waals surface area contributed by atoms with Gasteiger partial charge in [-0.1, -0.05) is 18.7 Å². The Morgan fingerprint density at radius 3 is 3.05 bits per heavy atom. The molecule has 1 atom stereocenters. The maximum Gasteiger partial charge on any atom is 0.333 e. The standard InChI is InChI=1S/C13H14N2O4S/c1-2-7-19-13(18)11-9(16)5-6-15(11)14-12(17)10-4-3-8-20-10/h2-4,8,11H,1,5-7H2,(H,14,17). The predicted octanol–water partition coefficient (Wildman–Crippen LogP) is 0.766. The molecule has 0 spiro atoms. The number of hydrogen-bond donors (Lipinski definition) is 1. The number of amides is 1. The molecule has 1 unspecified atom stereocenters. The van der Waals surface area contributed by atoms with E-state index in [1.165, 1.54) is 22.4 Å². The molecule has 6 nitrogen and oxygen atoms in total. The molecule has 0 saturated carbocycles. The van der Waals surface area contributed by atoms with Gasteiger partial charge < -0.3 is 4.74 Å². The second kappa shape index (κ2) is 6.44. The number of carbonyl (C=O) groups excluding carboxylic acids is 3. The van der Waals surface area contributed by atoms with E-state index in [1.54, 1.807) is 17.5 Å². The Kier molecular flexibility index (Phi) is 4.65. The molecule has 1 aliphatic heterocycles. The summed E-state index contributed by atoms with van der Waals surface area (Å²) in [5.41, 5.74) is 2.58. The Balaban J connectivity index is 2.02. The third-order valence-corrected chi connectivity index (χ3v) is 3.64. The van der Waals surface area contributed by atoms with Gasteiger partial charge in [0.25, 0.3) is 5.91 Å². The number of carbonyl (C=O) groups is 3. The number of ether oxygens (including phenoxy) is 1. The maximum absolute atomic E-state index is 11.9. The first-order valence-electron chi connectivity index (χ1n) is 6.05. The van der Waals surface area contributed by atoms with E-state index in [9.17, 15) is 14.4 Å². The minimum absolute atomic E-state index is 0.0370. The lowest BCUT2D eigenvalue weighted by Crippen LogP contribution is -2.50. The van der Waals surface area contributed by atoms with Crippen LogP contribution in [0.3, 0.4) is 0 Å². The number of nitrogens with one attached hydrogen (secondary N) is 1. The van der Waals surface area contributed by atoms with Crippen molar-refractivity contribution in [3.05, 3.63) is 35.0 Å². The van der Waals surface area contributed by atoms with Gasteiger partial charge in [0.15, 0.2) is 11.8 Å². The van der Waals surface area contributed by atoms with Crippen molar-refractivity contribution in [2.24, 2.45) is 0 Å². The molecule has 1 aliphatic rings. The Hall–Kier alpha value is -1.99. The van der Waals surface area contributed by atoms with Crippen molar-refractivity contribution in [3.8, 4) is 0 Å². The second-order valence-corrected chi connectivity index (χ2v) is 5.10. The van der Waals surface area contributed by atoms with Crippen molar-refractivity contribution < 1.29 is 19.1 Å². The predicted molar refractivity (Wildman–Crippen MR) is 73.1 cm³/mol. The van der Waals surface area contributed by atoms with Crippen LogP contribution in [-0.4, -0.2) is 41.9 Å². The second-order valence-electron chi connectivity index (χ2n) is 4.15. The van der Waals surface area contributed by atoms with Gasteiger partial charge in [0.1, 0.15) is 6.61 Å². The van der Waals surface area contributed by atoms with Crippen LogP contribution in [-0.2, 0) is 14.3 Å². The van der Waals surface area contributed by atoms with Crippen molar-refractivity contribution in [2.75, 3.05) is 13.2 Å². The van der Waals surface area contributed by atoms with Crippen LogP contribution in [0.15, 0.2) is 30.2 Å². The number of rotatable bonds is 5. The number of nitrogens with zero attached hydrogens (tertiary/aromatic N) is 1. The van der Waals surface area contributed by atoms with Gasteiger partial charge in [0, 0.05) is 13.0 Å². The first kappa shape index (κ1) is 14.4. The van der Waals surface area contributed by atoms with E-state index in [0.717, 1.165) is 0 Å². The van der Waals surface area contributed by atoms with Crippen molar-refractivity contribution in [3.63, 3.8) is 0 Å². The molecule has 1 aromatic rings. The van der Waals surface area contributed by atoms with E-state index in [2.05, 4.69) is 12.0 Å². The molecule has 1 amide bonds. The largest absolute Gasteiger partial charge is 0.460 e. The molecule has 0 aliphatic carbocycles. The van der Waals surface area contributed by atoms with Crippen molar-refractivity contribution >= 4 is 29.0 Å². The highest BCUT2D eigenvalue weighted by Gasteiger charge is 2.40. The fraction of sp³-hybridized carbons (Fsp3) is 0.308. The van der Waals surface area contributed by atoms with Gasteiger partial charge in [0.05, 0.1) is 4.88 Å². The van der Waals surface area contributed by atoms with Gasteiger partial charge in [-0.3, -0.25) is 15.0 Å². The third-order valence-electron chi connectivity index (χ3n) is 2.77. The molecule has 106 valence electrons. The highest BCUT2D eigenvalue weighted by molar-refractivity contribution is 7.12. The van der Waals surface area contributed by atoms with E-state index < -0.39 is 12.0 Å². The van der Waals surface area contributed by atoms with E-state index in [0.29, 0.717) is 11.4 Å². The van der Waals surface area contributed by atoms with Gasteiger partial charge in [-0.25, -0.2) is 4.79 Å². The minimum Gasteiger partial charge on any atom is -0.460 e. The first-order valence-corrected chi connectivity index (χ1v) is 6.93. The smallest absolute Gasteiger partial charge is 0.333 e. The number of hydrogen-bond acceptors (Lipinski definition) is 6. The lowest BCUT2D eigenvalue weighted by molar-refractivity contribution is -0.150. The minimum atomic E-state index is -1.07. The number of ketones is 1. The van der Waals surface area contributed by atoms with E-state index >= 15 is 0 Å². The molecule has 1 saturated heterocycles. The molecule has 0 bridgehead atoms. The molecule has 20 heavy (non-hydrogen) atoms. The molecule has 2 rings (SSSR count). The van der Waals surface area contributed by atoms with Crippen LogP contribution in [0.4, 0.5) is 0 Å². The Morgan fingerprint density at radius 1 is 1.60 bits per heavy atom. The molecule has 0 radical (unpaired) electrons. The van der Waals surface area contributed by atoms with Gasteiger partial charge in [-0.15, -0.1) is 11.3 Å². The van der Waals surface area contributed by atoms with Gasteiger partial charge in [-0.2, -0.15) is 5.01 Å². The summed E-state index contributed by atoms with van der Waals surface area (Å²) in [7, 11) is 0. The zero-order chi connectivity index (χ0) is 14.5. The normalized spacial score (nSPS) is 18.8. The van der Waals surface area contributed by atoms with Crippen LogP contribution in [0, 0.1) is 0 Å². The molecule has 1 fully saturated rings. The fourth-order valence-corrected chi connectivity index (χ4v) is 2.48. The molecule has 1 N–H and O–H groups in total. The summed E-state index contributed by atoms with van der Waals surface area (Å²) >= 11 is 1.29. The van der Waals surface area contributed by atoms with Crippen LogP contribution in [0.5, 0.6) is 0 Å². The highest BCUT2D eigenvalue weighted by Crippen LogP contribution is 2.15. The lowest BCUT2D eigenvalue weighted by atomic mass is 10.2. The van der Waals surface area contributed by atoms with Crippen molar-refractivity contribution in [1.29, 1.82) is 0 Å². The topological polar surface area (TPSA) is 75.7 Å². The third kappa shape index (κ3) is 3.12. The molecule has 1 aromatic heterocycles. The fourth-order valence-electron chi connectivity index (χ4n) is 1.86. The Morgan fingerprint density at radius 2 is 2.40 bits per heavy atom. The number of thiophene rings is 1. The summed E-state index contributed by atoms with van der Waals surface area (Å²) in [6.45, 7) is 3.77. The van der Waals surface area contributed by atoms with Gasteiger partial charge in [0.2, 0.25) is 0 Å². The summed E-state index contributed by atoms with van der Waals surface area (Å²) < 4.78 is 4.88. The average molecular weight is 294 g/mol. The number of Topliss-reactive ketones (excluding diaryl/α,β-unsaturated/α-hetero) is 1. The quantitative estimate of drug-likeness (QED) is 0.493.